The van der Waals surface area contributed by atoms with E-state index in [4.69, 9.17) is 9.72 Å². The van der Waals surface area contributed by atoms with Crippen LogP contribution in [0.2, 0.25) is 0 Å². The molecule has 0 saturated carbocycles. The normalized spacial score (nSPS) is 14.5. The van der Waals surface area contributed by atoms with E-state index in [1.54, 1.807) is 19.4 Å². The second-order valence-electron chi connectivity index (χ2n) is 7.54. The SMILES string of the molecule is COc1cc(F)ccc1C(=O)C1CCN(c2nc(-c3ccncc3)cc(=O)n2C)CC1. The Morgan fingerprint density at radius 3 is 2.52 bits per heavy atom. The number of ketones is 1. The molecular weight excluding hydrogens is 399 g/mol. The molecule has 3 aromatic rings. The predicted molar refractivity (Wildman–Crippen MR) is 115 cm³/mol. The van der Waals surface area contributed by atoms with Gasteiger partial charge in [0.25, 0.3) is 5.56 Å². The quantitative estimate of drug-likeness (QED) is 0.588. The lowest BCUT2D eigenvalue weighted by atomic mass is 9.88. The number of pyridine rings is 1. The van der Waals surface area contributed by atoms with Crippen LogP contribution in [0.5, 0.6) is 5.75 Å². The van der Waals surface area contributed by atoms with Crippen LogP contribution in [-0.4, -0.2) is 40.5 Å². The van der Waals surface area contributed by atoms with Crippen LogP contribution in [0.1, 0.15) is 23.2 Å². The first-order valence-electron chi connectivity index (χ1n) is 10.1. The minimum absolute atomic E-state index is 0.0520. The Morgan fingerprint density at radius 1 is 1.13 bits per heavy atom. The summed E-state index contributed by atoms with van der Waals surface area (Å²) in [4.78, 5) is 36.2. The van der Waals surface area contributed by atoms with E-state index in [2.05, 4.69) is 4.98 Å². The van der Waals surface area contributed by atoms with Crippen molar-refractivity contribution in [2.75, 3.05) is 25.1 Å². The van der Waals surface area contributed by atoms with Crippen molar-refractivity contribution in [2.24, 2.45) is 13.0 Å². The van der Waals surface area contributed by atoms with Gasteiger partial charge in [0.2, 0.25) is 5.95 Å². The molecule has 0 aliphatic carbocycles. The zero-order chi connectivity index (χ0) is 22.0. The highest BCUT2D eigenvalue weighted by atomic mass is 19.1. The maximum Gasteiger partial charge on any atom is 0.255 e. The van der Waals surface area contributed by atoms with E-state index in [9.17, 15) is 14.0 Å². The van der Waals surface area contributed by atoms with Gasteiger partial charge in [0.15, 0.2) is 5.78 Å². The molecule has 160 valence electrons. The van der Waals surface area contributed by atoms with Crippen molar-refractivity contribution in [1.82, 2.24) is 14.5 Å². The van der Waals surface area contributed by atoms with E-state index in [1.807, 2.05) is 17.0 Å². The molecule has 1 saturated heterocycles. The fourth-order valence-electron chi connectivity index (χ4n) is 3.91. The summed E-state index contributed by atoms with van der Waals surface area (Å²) >= 11 is 0. The van der Waals surface area contributed by atoms with Crippen molar-refractivity contribution in [3.63, 3.8) is 0 Å². The van der Waals surface area contributed by atoms with Gasteiger partial charge in [-0.3, -0.25) is 19.1 Å². The van der Waals surface area contributed by atoms with Crippen LogP contribution >= 0.6 is 0 Å². The number of benzene rings is 1. The molecule has 1 aliphatic heterocycles. The molecule has 0 bridgehead atoms. The molecule has 7 nitrogen and oxygen atoms in total. The number of ether oxygens (including phenoxy) is 1. The third-order valence-electron chi connectivity index (χ3n) is 5.66. The Labute approximate surface area is 179 Å². The minimum atomic E-state index is -0.440. The maximum absolute atomic E-state index is 13.5. The topological polar surface area (TPSA) is 77.3 Å². The van der Waals surface area contributed by atoms with Gasteiger partial charge < -0.3 is 9.64 Å². The molecule has 1 aliphatic rings. The van der Waals surface area contributed by atoms with Crippen LogP contribution in [0, 0.1) is 11.7 Å². The lowest BCUT2D eigenvalue weighted by Gasteiger charge is -2.33. The molecule has 0 unspecified atom stereocenters. The van der Waals surface area contributed by atoms with Gasteiger partial charge in [0, 0.05) is 56.1 Å². The summed E-state index contributed by atoms with van der Waals surface area (Å²) in [6, 6.07) is 9.11. The van der Waals surface area contributed by atoms with E-state index in [1.165, 1.54) is 35.9 Å². The van der Waals surface area contributed by atoms with Gasteiger partial charge in [-0.2, -0.15) is 0 Å². The molecule has 0 radical (unpaired) electrons. The van der Waals surface area contributed by atoms with Crippen LogP contribution in [0.3, 0.4) is 0 Å². The Bertz CT molecular complexity index is 1160. The first-order chi connectivity index (χ1) is 15.0. The van der Waals surface area contributed by atoms with Crippen molar-refractivity contribution < 1.29 is 13.9 Å². The average molecular weight is 422 g/mol. The second kappa shape index (κ2) is 8.67. The summed E-state index contributed by atoms with van der Waals surface area (Å²) in [5.41, 5.74) is 1.66. The number of carbonyl (C=O) groups excluding carboxylic acids is 1. The Balaban J connectivity index is 1.53. The first-order valence-corrected chi connectivity index (χ1v) is 10.1. The molecule has 8 heteroatoms. The number of aromatic nitrogens is 3. The van der Waals surface area contributed by atoms with Crippen molar-refractivity contribution in [1.29, 1.82) is 0 Å². The van der Waals surface area contributed by atoms with Gasteiger partial charge in [-0.05, 0) is 37.1 Å². The van der Waals surface area contributed by atoms with E-state index in [-0.39, 0.29) is 23.0 Å². The maximum atomic E-state index is 13.5. The molecule has 2 aromatic heterocycles. The summed E-state index contributed by atoms with van der Waals surface area (Å²) < 4.78 is 20.2. The van der Waals surface area contributed by atoms with Crippen LogP contribution in [-0.2, 0) is 7.05 Å². The number of anilines is 1. The summed E-state index contributed by atoms with van der Waals surface area (Å²) in [5.74, 6) is 0.135. The molecule has 0 amide bonds. The average Bonchev–Trinajstić information content (AvgIpc) is 2.81. The highest BCUT2D eigenvalue weighted by Gasteiger charge is 2.29. The highest BCUT2D eigenvalue weighted by Crippen LogP contribution is 2.29. The summed E-state index contributed by atoms with van der Waals surface area (Å²) in [7, 11) is 3.12. The summed E-state index contributed by atoms with van der Waals surface area (Å²) in [5, 5.41) is 0. The van der Waals surface area contributed by atoms with E-state index in [0.717, 1.165) is 5.56 Å². The first kappa shape index (κ1) is 20.7. The number of carbonyl (C=O) groups is 1. The molecule has 0 N–H and O–H groups in total. The lowest BCUT2D eigenvalue weighted by Crippen LogP contribution is -2.40. The number of hydrogen-bond acceptors (Lipinski definition) is 6. The predicted octanol–water partition coefficient (Wildman–Crippen LogP) is 3.09. The standard InChI is InChI=1S/C23H23FN4O3/c1-27-21(29)14-19(15-5-9-25-10-6-15)26-23(27)28-11-7-16(8-12-28)22(30)18-4-3-17(24)13-20(18)31-2/h3-6,9-10,13-14,16H,7-8,11-12H2,1-2H3. The Morgan fingerprint density at radius 2 is 1.84 bits per heavy atom. The third-order valence-corrected chi connectivity index (χ3v) is 5.66. The summed E-state index contributed by atoms with van der Waals surface area (Å²) in [6.07, 6.45) is 4.54. The number of hydrogen-bond donors (Lipinski definition) is 0. The molecule has 3 heterocycles. The van der Waals surface area contributed by atoms with Gasteiger partial charge in [-0.1, -0.05) is 0 Å². The highest BCUT2D eigenvalue weighted by molar-refractivity contribution is 6.00. The zero-order valence-corrected chi connectivity index (χ0v) is 17.4. The van der Waals surface area contributed by atoms with Crippen molar-refractivity contribution in [3.05, 3.63) is 70.5 Å². The molecule has 1 fully saturated rings. The molecule has 31 heavy (non-hydrogen) atoms. The van der Waals surface area contributed by atoms with Crippen molar-refractivity contribution in [2.45, 2.75) is 12.8 Å². The number of Topliss-reactive ketones (excluding diaryl/α,β-unsaturated/α-hetero) is 1. The van der Waals surface area contributed by atoms with Crippen LogP contribution < -0.4 is 15.2 Å². The summed E-state index contributed by atoms with van der Waals surface area (Å²) in [6.45, 7) is 1.17. The van der Waals surface area contributed by atoms with Crippen molar-refractivity contribution >= 4 is 11.7 Å². The molecular formula is C23H23FN4O3. The monoisotopic (exact) mass is 422 g/mol. The largest absolute Gasteiger partial charge is 0.496 e. The molecule has 0 spiro atoms. The fraction of sp³-hybridized carbons (Fsp3) is 0.304. The van der Waals surface area contributed by atoms with Gasteiger partial charge in [-0.15, -0.1) is 0 Å². The number of rotatable bonds is 5. The van der Waals surface area contributed by atoms with E-state index in [0.29, 0.717) is 43.1 Å². The molecule has 4 rings (SSSR count). The molecule has 0 atom stereocenters. The van der Waals surface area contributed by atoms with E-state index < -0.39 is 5.82 Å². The second-order valence-corrected chi connectivity index (χ2v) is 7.54. The molecule has 1 aromatic carbocycles. The van der Waals surface area contributed by atoms with E-state index >= 15 is 0 Å². The Kier molecular flexibility index (Phi) is 5.79. The fourth-order valence-corrected chi connectivity index (χ4v) is 3.91. The van der Waals surface area contributed by atoms with Gasteiger partial charge in [0.1, 0.15) is 11.6 Å². The third kappa shape index (κ3) is 4.19. The number of nitrogens with zero attached hydrogens (tertiary/aromatic N) is 4. The zero-order valence-electron chi connectivity index (χ0n) is 17.4. The number of piperidine rings is 1. The minimum Gasteiger partial charge on any atom is -0.496 e. The van der Waals surface area contributed by atoms with Crippen molar-refractivity contribution in [3.8, 4) is 17.0 Å². The van der Waals surface area contributed by atoms with Crippen LogP contribution in [0.25, 0.3) is 11.3 Å². The van der Waals surface area contributed by atoms with Crippen LogP contribution in [0.4, 0.5) is 10.3 Å². The van der Waals surface area contributed by atoms with Gasteiger partial charge >= 0.3 is 0 Å². The van der Waals surface area contributed by atoms with Crippen LogP contribution in [0.15, 0.2) is 53.6 Å². The Hall–Kier alpha value is -3.55. The number of halogens is 1. The lowest BCUT2D eigenvalue weighted by molar-refractivity contribution is 0.0897. The number of methoxy groups -OCH3 is 1. The van der Waals surface area contributed by atoms with Gasteiger partial charge in [-0.25, -0.2) is 9.37 Å². The van der Waals surface area contributed by atoms with Gasteiger partial charge in [0.05, 0.1) is 18.4 Å². The smallest absolute Gasteiger partial charge is 0.255 e.